The molecule has 7 heteroatoms. The summed E-state index contributed by atoms with van der Waals surface area (Å²) in [5.41, 5.74) is 3.80. The third-order valence-electron chi connectivity index (χ3n) is 6.29. The second-order valence-corrected chi connectivity index (χ2v) is 8.27. The van der Waals surface area contributed by atoms with Gasteiger partial charge >= 0.3 is 0 Å². The van der Waals surface area contributed by atoms with Crippen LogP contribution in [0.25, 0.3) is 11.0 Å². The number of halogens is 1. The van der Waals surface area contributed by atoms with Crippen LogP contribution < -0.4 is 9.64 Å². The Morgan fingerprint density at radius 3 is 2.55 bits per heavy atom. The molecule has 0 unspecified atom stereocenters. The summed E-state index contributed by atoms with van der Waals surface area (Å²) < 4.78 is 25.3. The average molecular weight is 448 g/mol. The van der Waals surface area contributed by atoms with Crippen LogP contribution in [0.3, 0.4) is 0 Å². The second-order valence-electron chi connectivity index (χ2n) is 8.27. The highest BCUT2D eigenvalue weighted by Crippen LogP contribution is 2.33. The highest BCUT2D eigenvalue weighted by Gasteiger charge is 2.23. The molecule has 1 saturated heterocycles. The van der Waals surface area contributed by atoms with Crippen molar-refractivity contribution in [1.82, 2.24) is 10.1 Å². The van der Waals surface area contributed by atoms with Gasteiger partial charge in [0.05, 0.1) is 24.1 Å². The molecule has 2 heterocycles. The van der Waals surface area contributed by atoms with Gasteiger partial charge in [-0.1, -0.05) is 35.5 Å². The number of hydrogen-bond acceptors (Lipinski definition) is 6. The standard InChI is InChI=1S/C26H26FN3O3/c1-32-25-9-5-2-6-18(25)16-22-19-10-11-24(31)20(26(19)33-28-22)17-29-12-14-30(15-13-29)23-8-4-3-7-21(23)27/h2-11,31H,12-17H2,1H3. The lowest BCUT2D eigenvalue weighted by Crippen LogP contribution is -2.46. The summed E-state index contributed by atoms with van der Waals surface area (Å²) in [6, 6.07) is 18.3. The van der Waals surface area contributed by atoms with E-state index in [0.29, 0.717) is 37.3 Å². The number of fused-ring (bicyclic) bond motifs is 1. The summed E-state index contributed by atoms with van der Waals surface area (Å²) in [6.07, 6.45) is 0.572. The molecule has 1 aliphatic rings. The van der Waals surface area contributed by atoms with Crippen molar-refractivity contribution in [3.05, 3.63) is 83.3 Å². The first-order chi connectivity index (χ1) is 16.1. The third-order valence-corrected chi connectivity index (χ3v) is 6.29. The minimum atomic E-state index is -0.197. The maximum atomic E-state index is 14.1. The Kier molecular flexibility index (Phi) is 5.88. The van der Waals surface area contributed by atoms with E-state index in [-0.39, 0.29) is 11.6 Å². The van der Waals surface area contributed by atoms with Crippen molar-refractivity contribution >= 4 is 16.7 Å². The van der Waals surface area contributed by atoms with Crippen LogP contribution in [-0.2, 0) is 13.0 Å². The van der Waals surface area contributed by atoms with Crippen LogP contribution in [0, 0.1) is 5.82 Å². The summed E-state index contributed by atoms with van der Waals surface area (Å²) in [6.45, 7) is 3.48. The van der Waals surface area contributed by atoms with Crippen molar-refractivity contribution in [3.63, 3.8) is 0 Å². The Morgan fingerprint density at radius 1 is 1.00 bits per heavy atom. The first-order valence-electron chi connectivity index (χ1n) is 11.1. The van der Waals surface area contributed by atoms with E-state index in [4.69, 9.17) is 9.26 Å². The Morgan fingerprint density at radius 2 is 1.76 bits per heavy atom. The van der Waals surface area contributed by atoms with Crippen molar-refractivity contribution in [1.29, 1.82) is 0 Å². The summed E-state index contributed by atoms with van der Waals surface area (Å²) >= 11 is 0. The quantitative estimate of drug-likeness (QED) is 0.466. The van der Waals surface area contributed by atoms with E-state index >= 15 is 0 Å². The molecule has 0 spiro atoms. The van der Waals surface area contributed by atoms with E-state index < -0.39 is 0 Å². The fourth-order valence-electron chi connectivity index (χ4n) is 4.49. The van der Waals surface area contributed by atoms with Gasteiger partial charge in [-0.05, 0) is 30.3 Å². The minimum absolute atomic E-state index is 0.194. The fraction of sp³-hybridized carbons (Fsp3) is 0.269. The number of aromatic nitrogens is 1. The van der Waals surface area contributed by atoms with Crippen LogP contribution in [0.5, 0.6) is 11.5 Å². The number of aromatic hydroxyl groups is 1. The molecule has 4 aromatic rings. The lowest BCUT2D eigenvalue weighted by atomic mass is 10.0. The largest absolute Gasteiger partial charge is 0.507 e. The van der Waals surface area contributed by atoms with Crippen molar-refractivity contribution < 1.29 is 18.8 Å². The first-order valence-corrected chi connectivity index (χ1v) is 11.1. The van der Waals surface area contributed by atoms with Gasteiger partial charge in [-0.3, -0.25) is 4.90 Å². The number of nitrogens with zero attached hydrogens (tertiary/aromatic N) is 3. The minimum Gasteiger partial charge on any atom is -0.507 e. The van der Waals surface area contributed by atoms with Crippen LogP contribution >= 0.6 is 0 Å². The Bertz CT molecular complexity index is 1260. The number of methoxy groups -OCH3 is 1. The number of ether oxygens (including phenoxy) is 1. The van der Waals surface area contributed by atoms with Crippen molar-refractivity contribution in [2.45, 2.75) is 13.0 Å². The van der Waals surface area contributed by atoms with Gasteiger partial charge in [-0.25, -0.2) is 4.39 Å². The molecule has 3 aromatic carbocycles. The van der Waals surface area contributed by atoms with Gasteiger partial charge < -0.3 is 19.3 Å². The monoisotopic (exact) mass is 447 g/mol. The number of phenolic OH excluding ortho intramolecular Hbond substituents is 1. The van der Waals surface area contributed by atoms with Crippen LogP contribution in [-0.4, -0.2) is 48.5 Å². The van der Waals surface area contributed by atoms with Gasteiger partial charge in [-0.2, -0.15) is 0 Å². The zero-order valence-corrected chi connectivity index (χ0v) is 18.5. The maximum Gasteiger partial charge on any atom is 0.175 e. The van der Waals surface area contributed by atoms with Gasteiger partial charge in [0.1, 0.15) is 17.3 Å². The molecule has 1 fully saturated rings. The number of rotatable bonds is 6. The lowest BCUT2D eigenvalue weighted by molar-refractivity contribution is 0.245. The van der Waals surface area contributed by atoms with Crippen molar-refractivity contribution in [2.75, 3.05) is 38.2 Å². The molecule has 170 valence electrons. The molecule has 33 heavy (non-hydrogen) atoms. The number of anilines is 1. The first kappa shape index (κ1) is 21.3. The molecule has 5 rings (SSSR count). The predicted octanol–water partition coefficient (Wildman–Crippen LogP) is 4.59. The highest BCUT2D eigenvalue weighted by molar-refractivity contribution is 5.84. The molecule has 0 saturated carbocycles. The SMILES string of the molecule is COc1ccccc1Cc1noc2c(CN3CCN(c4ccccc4F)CC3)c(O)ccc12. The zero-order valence-electron chi connectivity index (χ0n) is 18.5. The lowest BCUT2D eigenvalue weighted by Gasteiger charge is -2.36. The highest BCUT2D eigenvalue weighted by atomic mass is 19.1. The predicted molar refractivity (Wildman–Crippen MR) is 125 cm³/mol. The molecule has 1 N–H and O–H groups in total. The Labute approximate surface area is 191 Å². The summed E-state index contributed by atoms with van der Waals surface area (Å²) in [7, 11) is 1.65. The molecule has 0 amide bonds. The van der Waals surface area contributed by atoms with E-state index in [1.165, 1.54) is 6.07 Å². The van der Waals surface area contributed by atoms with Crippen molar-refractivity contribution in [2.24, 2.45) is 0 Å². The molecule has 0 aliphatic carbocycles. The van der Waals surface area contributed by atoms with Gasteiger partial charge in [0.25, 0.3) is 0 Å². The zero-order chi connectivity index (χ0) is 22.8. The number of para-hydroxylation sites is 2. The fourth-order valence-corrected chi connectivity index (χ4v) is 4.49. The number of phenols is 1. The van der Waals surface area contributed by atoms with Crippen LogP contribution in [0.1, 0.15) is 16.8 Å². The molecule has 1 aliphatic heterocycles. The smallest absolute Gasteiger partial charge is 0.175 e. The van der Waals surface area contributed by atoms with E-state index in [9.17, 15) is 9.50 Å². The maximum absolute atomic E-state index is 14.1. The molecule has 0 atom stereocenters. The second kappa shape index (κ2) is 9.11. The van der Waals surface area contributed by atoms with Gasteiger partial charge in [0.15, 0.2) is 5.58 Å². The molecular weight excluding hydrogens is 421 g/mol. The van der Waals surface area contributed by atoms with Gasteiger partial charge in [0, 0.05) is 50.1 Å². The summed E-state index contributed by atoms with van der Waals surface area (Å²) in [5.74, 6) is 0.803. The van der Waals surface area contributed by atoms with E-state index in [0.717, 1.165) is 41.0 Å². The van der Waals surface area contributed by atoms with Crippen LogP contribution in [0.2, 0.25) is 0 Å². The molecule has 6 nitrogen and oxygen atoms in total. The Balaban J connectivity index is 1.34. The topological polar surface area (TPSA) is 62.0 Å². The molecular formula is C26H26FN3O3. The summed E-state index contributed by atoms with van der Waals surface area (Å²) in [5, 5.41) is 15.8. The number of benzene rings is 3. The van der Waals surface area contributed by atoms with Crippen LogP contribution in [0.4, 0.5) is 10.1 Å². The molecule has 1 aromatic heterocycles. The van der Waals surface area contributed by atoms with E-state index in [1.807, 2.05) is 42.5 Å². The van der Waals surface area contributed by atoms with Crippen molar-refractivity contribution in [3.8, 4) is 11.5 Å². The summed E-state index contributed by atoms with van der Waals surface area (Å²) in [4.78, 5) is 4.31. The molecule has 0 bridgehead atoms. The molecule has 0 radical (unpaired) electrons. The van der Waals surface area contributed by atoms with Gasteiger partial charge in [0.2, 0.25) is 0 Å². The van der Waals surface area contributed by atoms with Gasteiger partial charge in [-0.15, -0.1) is 0 Å². The number of piperazine rings is 1. The third kappa shape index (κ3) is 4.24. The normalized spacial score (nSPS) is 14.7. The van der Waals surface area contributed by atoms with Crippen LogP contribution in [0.15, 0.2) is 65.2 Å². The number of hydrogen-bond donors (Lipinski definition) is 1. The average Bonchev–Trinajstić information content (AvgIpc) is 3.25. The van der Waals surface area contributed by atoms with E-state index in [1.54, 1.807) is 19.2 Å². The Hall–Kier alpha value is -3.58. The van der Waals surface area contributed by atoms with E-state index in [2.05, 4.69) is 15.0 Å².